The summed E-state index contributed by atoms with van der Waals surface area (Å²) >= 11 is 0. The van der Waals surface area contributed by atoms with Gasteiger partial charge in [0.15, 0.2) is 18.1 Å². The van der Waals surface area contributed by atoms with Crippen molar-refractivity contribution in [2.45, 2.75) is 13.1 Å². The van der Waals surface area contributed by atoms with Gasteiger partial charge in [-0.1, -0.05) is 12.1 Å². The van der Waals surface area contributed by atoms with E-state index in [0.29, 0.717) is 30.3 Å². The molecule has 1 amide bonds. The number of amides is 1. The molecule has 0 N–H and O–H groups in total. The van der Waals surface area contributed by atoms with Gasteiger partial charge >= 0.3 is 0 Å². The molecule has 3 aromatic rings. The second-order valence-corrected chi connectivity index (χ2v) is 6.28. The van der Waals surface area contributed by atoms with Crippen molar-refractivity contribution in [1.29, 1.82) is 0 Å². The minimum Gasteiger partial charge on any atom is -0.482 e. The van der Waals surface area contributed by atoms with Crippen LogP contribution in [0.3, 0.4) is 0 Å². The quantitative estimate of drug-likeness (QED) is 0.630. The molecule has 2 aromatic heterocycles. The van der Waals surface area contributed by atoms with E-state index in [0.717, 1.165) is 11.1 Å². The van der Waals surface area contributed by atoms with E-state index in [2.05, 4.69) is 9.97 Å². The molecule has 0 atom stereocenters. The number of ether oxygens (including phenoxy) is 3. The van der Waals surface area contributed by atoms with E-state index < -0.39 is 0 Å². The molecule has 4 rings (SSSR count). The summed E-state index contributed by atoms with van der Waals surface area (Å²) in [5.74, 6) is 1.83. The third-order valence-corrected chi connectivity index (χ3v) is 4.26. The van der Waals surface area contributed by atoms with Gasteiger partial charge in [0.05, 0.1) is 6.20 Å². The molecule has 1 aliphatic rings. The summed E-state index contributed by atoms with van der Waals surface area (Å²) in [6, 6.07) is 13.0. The van der Waals surface area contributed by atoms with Crippen LogP contribution in [0.1, 0.15) is 11.1 Å². The molecule has 0 unspecified atom stereocenters. The van der Waals surface area contributed by atoms with Gasteiger partial charge in [0.2, 0.25) is 6.79 Å². The fraction of sp³-hybridized carbons (Fsp3) is 0.190. The Morgan fingerprint density at radius 2 is 1.75 bits per heavy atom. The molecule has 0 aliphatic carbocycles. The van der Waals surface area contributed by atoms with Crippen LogP contribution in [0.2, 0.25) is 0 Å². The minimum atomic E-state index is -0.134. The monoisotopic (exact) mass is 377 g/mol. The lowest BCUT2D eigenvalue weighted by Crippen LogP contribution is -2.34. The summed E-state index contributed by atoms with van der Waals surface area (Å²) in [6.07, 6.45) is 6.69. The number of carbonyl (C=O) groups excluding carboxylic acids is 1. The van der Waals surface area contributed by atoms with Crippen LogP contribution in [0.15, 0.2) is 67.3 Å². The van der Waals surface area contributed by atoms with Crippen molar-refractivity contribution in [2.75, 3.05) is 13.4 Å². The summed E-state index contributed by atoms with van der Waals surface area (Å²) in [4.78, 5) is 22.7. The van der Waals surface area contributed by atoms with Crippen LogP contribution in [0, 0.1) is 0 Å². The molecule has 0 saturated carbocycles. The topological polar surface area (TPSA) is 73.8 Å². The van der Waals surface area contributed by atoms with Gasteiger partial charge in [-0.3, -0.25) is 14.8 Å². The average molecular weight is 377 g/mol. The van der Waals surface area contributed by atoms with E-state index in [9.17, 15) is 4.79 Å². The van der Waals surface area contributed by atoms with E-state index >= 15 is 0 Å². The number of fused-ring (bicyclic) bond motifs is 1. The Kier molecular flexibility index (Phi) is 5.33. The summed E-state index contributed by atoms with van der Waals surface area (Å²) in [5.41, 5.74) is 1.89. The standard InChI is InChI=1S/C21H19N3O4/c25-21(14-26-18-4-2-8-23-11-18)24(13-17-3-1-7-22-10-17)12-16-5-6-19-20(9-16)28-15-27-19/h1-11H,12-15H2. The first-order chi connectivity index (χ1) is 13.8. The number of hydrogen-bond donors (Lipinski definition) is 0. The van der Waals surface area contributed by atoms with Crippen LogP contribution in [-0.4, -0.2) is 34.2 Å². The fourth-order valence-electron chi connectivity index (χ4n) is 2.87. The summed E-state index contributed by atoms with van der Waals surface area (Å²) in [5, 5.41) is 0. The van der Waals surface area contributed by atoms with Gasteiger partial charge in [0.25, 0.3) is 5.91 Å². The van der Waals surface area contributed by atoms with E-state index in [1.165, 1.54) is 0 Å². The molecule has 1 aromatic carbocycles. The van der Waals surface area contributed by atoms with Gasteiger partial charge in [-0.25, -0.2) is 0 Å². The molecular weight excluding hydrogens is 358 g/mol. The predicted octanol–water partition coefficient (Wildman–Crippen LogP) is 2.81. The molecule has 0 bridgehead atoms. The molecule has 0 radical (unpaired) electrons. The summed E-state index contributed by atoms with van der Waals surface area (Å²) in [6.45, 7) is 0.991. The number of aromatic nitrogens is 2. The lowest BCUT2D eigenvalue weighted by molar-refractivity contribution is -0.134. The van der Waals surface area contributed by atoms with Crippen LogP contribution in [0.5, 0.6) is 17.2 Å². The van der Waals surface area contributed by atoms with Crippen molar-refractivity contribution in [3.05, 3.63) is 78.4 Å². The largest absolute Gasteiger partial charge is 0.482 e. The van der Waals surface area contributed by atoms with Gasteiger partial charge in [-0.2, -0.15) is 0 Å². The van der Waals surface area contributed by atoms with Crippen molar-refractivity contribution in [1.82, 2.24) is 14.9 Å². The molecule has 7 nitrogen and oxygen atoms in total. The number of hydrogen-bond acceptors (Lipinski definition) is 6. The Hall–Kier alpha value is -3.61. The Labute approximate surface area is 162 Å². The van der Waals surface area contributed by atoms with Crippen molar-refractivity contribution < 1.29 is 19.0 Å². The third kappa shape index (κ3) is 4.37. The van der Waals surface area contributed by atoms with Gasteiger partial charge in [-0.15, -0.1) is 0 Å². The SMILES string of the molecule is O=C(COc1cccnc1)N(Cc1cccnc1)Cc1ccc2c(c1)OCO2. The van der Waals surface area contributed by atoms with E-state index in [4.69, 9.17) is 14.2 Å². The average Bonchev–Trinajstić information content (AvgIpc) is 3.21. The summed E-state index contributed by atoms with van der Waals surface area (Å²) in [7, 11) is 0. The number of nitrogens with zero attached hydrogens (tertiary/aromatic N) is 3. The maximum Gasteiger partial charge on any atom is 0.261 e. The maximum atomic E-state index is 12.9. The second kappa shape index (κ2) is 8.39. The highest BCUT2D eigenvalue weighted by Gasteiger charge is 2.18. The lowest BCUT2D eigenvalue weighted by Gasteiger charge is -2.23. The number of pyridine rings is 2. The summed E-state index contributed by atoms with van der Waals surface area (Å²) < 4.78 is 16.4. The molecular formula is C21H19N3O4. The Bertz CT molecular complexity index is 935. The second-order valence-electron chi connectivity index (χ2n) is 6.28. The number of benzene rings is 1. The van der Waals surface area contributed by atoms with Crippen LogP contribution in [0.25, 0.3) is 0 Å². The first-order valence-electron chi connectivity index (χ1n) is 8.86. The van der Waals surface area contributed by atoms with E-state index in [-0.39, 0.29) is 19.3 Å². The predicted molar refractivity (Wildman–Crippen MR) is 101 cm³/mol. The van der Waals surface area contributed by atoms with Gasteiger partial charge in [0, 0.05) is 31.7 Å². The van der Waals surface area contributed by atoms with E-state index in [1.807, 2.05) is 30.3 Å². The van der Waals surface area contributed by atoms with Crippen molar-refractivity contribution in [3.8, 4) is 17.2 Å². The normalized spacial score (nSPS) is 11.9. The highest BCUT2D eigenvalue weighted by molar-refractivity contribution is 5.77. The zero-order chi connectivity index (χ0) is 19.2. The van der Waals surface area contributed by atoms with Gasteiger partial charge in [0.1, 0.15) is 5.75 Å². The molecule has 28 heavy (non-hydrogen) atoms. The molecule has 0 spiro atoms. The van der Waals surface area contributed by atoms with Crippen molar-refractivity contribution in [3.63, 3.8) is 0 Å². The zero-order valence-electron chi connectivity index (χ0n) is 15.2. The van der Waals surface area contributed by atoms with Crippen LogP contribution in [0.4, 0.5) is 0 Å². The maximum absolute atomic E-state index is 12.9. The van der Waals surface area contributed by atoms with E-state index in [1.54, 1.807) is 41.8 Å². The lowest BCUT2D eigenvalue weighted by atomic mass is 10.1. The molecule has 0 fully saturated rings. The molecule has 7 heteroatoms. The van der Waals surface area contributed by atoms with Gasteiger partial charge in [-0.05, 0) is 41.5 Å². The number of carbonyl (C=O) groups is 1. The van der Waals surface area contributed by atoms with Crippen LogP contribution < -0.4 is 14.2 Å². The van der Waals surface area contributed by atoms with Crippen LogP contribution in [-0.2, 0) is 17.9 Å². The van der Waals surface area contributed by atoms with Crippen molar-refractivity contribution >= 4 is 5.91 Å². The highest BCUT2D eigenvalue weighted by Crippen LogP contribution is 2.32. The Balaban J connectivity index is 1.48. The van der Waals surface area contributed by atoms with Gasteiger partial charge < -0.3 is 19.1 Å². The molecule has 3 heterocycles. The first kappa shape index (κ1) is 17.8. The first-order valence-corrected chi connectivity index (χ1v) is 8.86. The Morgan fingerprint density at radius 3 is 2.54 bits per heavy atom. The smallest absolute Gasteiger partial charge is 0.261 e. The molecule has 1 aliphatic heterocycles. The third-order valence-electron chi connectivity index (χ3n) is 4.26. The number of rotatable bonds is 7. The van der Waals surface area contributed by atoms with Crippen molar-refractivity contribution in [2.24, 2.45) is 0 Å². The fourth-order valence-corrected chi connectivity index (χ4v) is 2.87. The Morgan fingerprint density at radius 1 is 0.964 bits per heavy atom. The van der Waals surface area contributed by atoms with Crippen LogP contribution >= 0.6 is 0 Å². The molecule has 0 saturated heterocycles. The molecule has 142 valence electrons. The zero-order valence-corrected chi connectivity index (χ0v) is 15.2. The minimum absolute atomic E-state index is 0.0729. The highest BCUT2D eigenvalue weighted by atomic mass is 16.7.